The second-order valence-corrected chi connectivity index (χ2v) is 18.8. The lowest BCUT2D eigenvalue weighted by atomic mass is 10.00. The second-order valence-electron chi connectivity index (χ2n) is 11.6. The number of rotatable bonds is 4. The number of benzene rings is 3. The average molecular weight is 587 g/mol. The minimum absolute atomic E-state index is 0.0672. The molecule has 1 aliphatic heterocycles. The monoisotopic (exact) mass is 586 g/mol. The maximum Gasteiger partial charge on any atom is 0.264 e. The quantitative estimate of drug-likeness (QED) is 0.291. The first kappa shape index (κ1) is 28.5. The summed E-state index contributed by atoms with van der Waals surface area (Å²) in [5.74, 6) is -0.334. The van der Waals surface area contributed by atoms with E-state index in [1.54, 1.807) is 12.1 Å². The predicted molar refractivity (Wildman–Crippen MR) is 163 cm³/mol. The van der Waals surface area contributed by atoms with E-state index in [1.807, 2.05) is 44.2 Å². The van der Waals surface area contributed by atoms with Crippen LogP contribution in [-0.4, -0.2) is 38.9 Å². The number of sulfonamides is 1. The molecular weight excluding hydrogens is 553 g/mol. The summed E-state index contributed by atoms with van der Waals surface area (Å²) in [6.07, 6.45) is -0.589. The van der Waals surface area contributed by atoms with Crippen molar-refractivity contribution in [3.63, 3.8) is 0 Å². The summed E-state index contributed by atoms with van der Waals surface area (Å²) in [4.78, 5) is 22.0. The Morgan fingerprint density at radius 1 is 0.927 bits per heavy atom. The molecular formula is C31H34N4O4SSi. The van der Waals surface area contributed by atoms with Gasteiger partial charge in [-0.2, -0.15) is 4.98 Å². The summed E-state index contributed by atoms with van der Waals surface area (Å²) in [5.41, 5.74) is 5.70. The van der Waals surface area contributed by atoms with Gasteiger partial charge in [0.15, 0.2) is 0 Å². The summed E-state index contributed by atoms with van der Waals surface area (Å²) in [7, 11) is -5.39. The predicted octanol–water partition coefficient (Wildman–Crippen LogP) is 5.84. The molecule has 212 valence electrons. The van der Waals surface area contributed by atoms with Gasteiger partial charge >= 0.3 is 0 Å². The molecule has 8 nitrogen and oxygen atoms in total. The van der Waals surface area contributed by atoms with Gasteiger partial charge in [0.25, 0.3) is 15.9 Å². The number of fused-ring (bicyclic) bond motifs is 4. The zero-order chi connectivity index (χ0) is 29.4. The topological polar surface area (TPSA) is 110 Å². The van der Waals surface area contributed by atoms with E-state index in [0.29, 0.717) is 5.69 Å². The van der Waals surface area contributed by atoms with Crippen LogP contribution in [0.5, 0.6) is 5.88 Å². The molecule has 1 aromatic heterocycles. The van der Waals surface area contributed by atoms with E-state index in [2.05, 4.69) is 51.8 Å². The zero-order valence-electron chi connectivity index (χ0n) is 23.9. The van der Waals surface area contributed by atoms with Crippen LogP contribution in [0.25, 0.3) is 11.3 Å². The van der Waals surface area contributed by atoms with Crippen molar-refractivity contribution in [2.75, 3.05) is 11.3 Å². The number of nitrogens with zero attached hydrogens (tertiary/aromatic N) is 2. The summed E-state index contributed by atoms with van der Waals surface area (Å²) < 4.78 is 35.6. The van der Waals surface area contributed by atoms with Crippen LogP contribution < -0.4 is 14.8 Å². The van der Waals surface area contributed by atoms with Crippen molar-refractivity contribution in [3.8, 4) is 17.1 Å². The number of aryl methyl sites for hydroxylation is 2. The lowest BCUT2D eigenvalue weighted by Gasteiger charge is -2.21. The van der Waals surface area contributed by atoms with Crippen molar-refractivity contribution in [3.05, 3.63) is 101 Å². The molecule has 0 saturated heterocycles. The largest absolute Gasteiger partial charge is 0.467 e. The third kappa shape index (κ3) is 6.66. The van der Waals surface area contributed by atoms with Crippen molar-refractivity contribution in [1.29, 1.82) is 0 Å². The lowest BCUT2D eigenvalue weighted by molar-refractivity contribution is 0.0925. The first-order chi connectivity index (χ1) is 19.4. The highest BCUT2D eigenvalue weighted by molar-refractivity contribution is 7.92. The van der Waals surface area contributed by atoms with E-state index >= 15 is 0 Å². The Balaban J connectivity index is 1.63. The standard InChI is InChI=1S/C31H34N4O4SSi/c1-20-8-6-9-21(2)29(20)26-17-28-34-31(33-26)35-40(37,38)25-11-7-10-24(16-25)30(36)32-18-27(39-28)23-14-12-22(13-15-23)19-41(3,4)5/h6-17,27H,18-19H2,1-5H3,(H,32,36)(H,33,34,35)/t27-/m1/s1. The maximum atomic E-state index is 13.3. The molecule has 41 heavy (non-hydrogen) atoms. The fourth-order valence-corrected chi connectivity index (χ4v) is 7.43. The van der Waals surface area contributed by atoms with E-state index in [4.69, 9.17) is 4.74 Å². The number of carbonyl (C=O) groups excluding carboxylic acids is 1. The Bertz CT molecular complexity index is 1700. The number of hydrogen-bond acceptors (Lipinski definition) is 6. The third-order valence-corrected chi connectivity index (χ3v) is 9.66. The lowest BCUT2D eigenvalue weighted by Crippen LogP contribution is -2.31. The van der Waals surface area contributed by atoms with Crippen LogP contribution in [0.15, 0.2) is 77.7 Å². The highest BCUT2D eigenvalue weighted by Crippen LogP contribution is 2.31. The first-order valence-corrected chi connectivity index (χ1v) is 18.7. The molecule has 10 heteroatoms. The Labute approximate surface area is 242 Å². The molecule has 2 heterocycles. The van der Waals surface area contributed by atoms with Crippen LogP contribution in [0.4, 0.5) is 5.95 Å². The SMILES string of the molecule is Cc1cccc(C)c1-c1cc2nc(n1)NS(=O)(=O)c1cccc(c1)C(=O)NC[C@H](c1ccc(C[Si](C)(C)C)cc1)O2. The molecule has 0 spiro atoms. The van der Waals surface area contributed by atoms with Gasteiger partial charge in [-0.15, -0.1) is 0 Å². The number of amides is 1. The van der Waals surface area contributed by atoms with Crippen molar-refractivity contribution < 1.29 is 17.9 Å². The zero-order valence-corrected chi connectivity index (χ0v) is 25.7. The highest BCUT2D eigenvalue weighted by atomic mass is 32.2. The van der Waals surface area contributed by atoms with E-state index < -0.39 is 30.1 Å². The molecule has 5 rings (SSSR count). The second kappa shape index (κ2) is 11.1. The van der Waals surface area contributed by atoms with Crippen molar-refractivity contribution in [2.45, 2.75) is 50.5 Å². The minimum atomic E-state index is -4.09. The molecule has 1 amide bonds. The molecule has 3 aromatic carbocycles. The van der Waals surface area contributed by atoms with Gasteiger partial charge in [-0.3, -0.25) is 4.79 Å². The number of nitrogens with one attached hydrogen (secondary N) is 2. The van der Waals surface area contributed by atoms with E-state index in [9.17, 15) is 13.2 Å². The Morgan fingerprint density at radius 2 is 1.61 bits per heavy atom. The Morgan fingerprint density at radius 3 is 2.29 bits per heavy atom. The van der Waals surface area contributed by atoms with E-state index in [-0.39, 0.29) is 28.8 Å². The Kier molecular flexibility index (Phi) is 7.72. The molecule has 0 aliphatic carbocycles. The van der Waals surface area contributed by atoms with E-state index in [1.165, 1.54) is 23.8 Å². The fourth-order valence-electron chi connectivity index (χ4n) is 4.98. The normalized spacial score (nSPS) is 16.7. The molecule has 1 atom stereocenters. The van der Waals surface area contributed by atoms with Crippen LogP contribution in [0.3, 0.4) is 0 Å². The van der Waals surface area contributed by atoms with Crippen LogP contribution in [0.1, 0.15) is 38.7 Å². The van der Waals surface area contributed by atoms with Crippen molar-refractivity contribution >= 4 is 30.0 Å². The van der Waals surface area contributed by atoms with Gasteiger partial charge in [0, 0.05) is 25.3 Å². The molecule has 4 bridgehead atoms. The smallest absolute Gasteiger partial charge is 0.264 e. The summed E-state index contributed by atoms with van der Waals surface area (Å²) >= 11 is 0. The maximum absolute atomic E-state index is 13.3. The molecule has 4 aromatic rings. The molecule has 2 N–H and O–H groups in total. The van der Waals surface area contributed by atoms with Crippen LogP contribution in [-0.2, 0) is 16.1 Å². The number of aromatic nitrogens is 2. The first-order valence-electron chi connectivity index (χ1n) is 13.5. The van der Waals surface area contributed by atoms with Gasteiger partial charge in [-0.25, -0.2) is 18.1 Å². The summed E-state index contributed by atoms with van der Waals surface area (Å²) in [6, 6.07) is 22.8. The number of hydrogen-bond donors (Lipinski definition) is 2. The summed E-state index contributed by atoms with van der Waals surface area (Å²) in [6.45, 7) is 11.1. The molecule has 1 aliphatic rings. The Hall–Kier alpha value is -4.02. The third-order valence-electron chi connectivity index (χ3n) is 6.87. The van der Waals surface area contributed by atoms with Crippen LogP contribution in [0.2, 0.25) is 19.6 Å². The molecule has 0 fully saturated rings. The van der Waals surface area contributed by atoms with Crippen LogP contribution >= 0.6 is 0 Å². The fraction of sp³-hybridized carbons (Fsp3) is 0.258. The number of anilines is 1. The minimum Gasteiger partial charge on any atom is -0.467 e. The summed E-state index contributed by atoms with van der Waals surface area (Å²) in [5, 5.41) is 2.92. The van der Waals surface area contributed by atoms with Gasteiger partial charge in [-0.05, 0) is 54.8 Å². The van der Waals surface area contributed by atoms with Gasteiger partial charge in [0.1, 0.15) is 6.10 Å². The highest BCUT2D eigenvalue weighted by Gasteiger charge is 2.24. The molecule has 0 unspecified atom stereocenters. The van der Waals surface area contributed by atoms with Gasteiger partial charge in [0.2, 0.25) is 11.8 Å². The van der Waals surface area contributed by atoms with Crippen LogP contribution in [0, 0.1) is 13.8 Å². The van der Waals surface area contributed by atoms with Gasteiger partial charge in [0.05, 0.1) is 17.1 Å². The average Bonchev–Trinajstić information content (AvgIpc) is 2.90. The van der Waals surface area contributed by atoms with Gasteiger partial charge < -0.3 is 10.1 Å². The molecule has 0 saturated carbocycles. The van der Waals surface area contributed by atoms with E-state index in [0.717, 1.165) is 28.3 Å². The number of ether oxygens (including phenoxy) is 1. The van der Waals surface area contributed by atoms with Gasteiger partial charge in [-0.1, -0.05) is 73.7 Å². The molecule has 0 radical (unpaired) electrons. The van der Waals surface area contributed by atoms with Crippen molar-refractivity contribution in [2.24, 2.45) is 0 Å². The number of carbonyl (C=O) groups is 1. The van der Waals surface area contributed by atoms with Crippen molar-refractivity contribution in [1.82, 2.24) is 15.3 Å².